The number of aliphatic hydroxyl groups excluding tert-OH is 1. The van der Waals surface area contributed by atoms with Crippen molar-refractivity contribution in [3.05, 3.63) is 12.2 Å². The molecule has 0 spiro atoms. The molecule has 0 radical (unpaired) electrons. The first kappa shape index (κ1) is 62.4. The van der Waals surface area contributed by atoms with E-state index in [2.05, 4.69) is 42.0 Å². The van der Waals surface area contributed by atoms with Crippen LogP contribution in [-0.4, -0.2) is 209 Å². The lowest BCUT2D eigenvalue weighted by atomic mass is 10.0. The molecule has 0 aromatic heterocycles. The van der Waals surface area contributed by atoms with Gasteiger partial charge in [-0.05, 0) is 143 Å². The van der Waals surface area contributed by atoms with E-state index in [-0.39, 0.29) is 54.1 Å². The van der Waals surface area contributed by atoms with Crippen LogP contribution in [0.25, 0.3) is 0 Å². The fourth-order valence-electron chi connectivity index (χ4n) is 7.95. The molecular formula is C45H80N8O16. The summed E-state index contributed by atoms with van der Waals surface area (Å²) < 4.78 is 4.53. The van der Waals surface area contributed by atoms with Gasteiger partial charge in [-0.1, -0.05) is 19.1 Å². The van der Waals surface area contributed by atoms with Crippen molar-refractivity contribution >= 4 is 47.6 Å². The maximum absolute atomic E-state index is 10.7. The Bertz CT molecular complexity index is 1570. The predicted octanol–water partition coefficient (Wildman–Crippen LogP) is -1.10. The summed E-state index contributed by atoms with van der Waals surface area (Å²) in [5.41, 5.74) is -0.639. The number of aliphatic hydroxyl groups is 1. The summed E-state index contributed by atoms with van der Waals surface area (Å²) in [6.45, 7) is 11.7. The molecule has 8 heterocycles. The fourth-order valence-corrected chi connectivity index (χ4v) is 7.95. The summed E-state index contributed by atoms with van der Waals surface area (Å²) >= 11 is 0. The molecule has 0 amide bonds. The highest BCUT2D eigenvalue weighted by Gasteiger charge is 2.35. The zero-order valence-corrected chi connectivity index (χ0v) is 40.7. The van der Waals surface area contributed by atoms with Crippen molar-refractivity contribution in [3.63, 3.8) is 0 Å². The zero-order chi connectivity index (χ0) is 52.1. The van der Waals surface area contributed by atoms with Crippen LogP contribution < -0.4 is 37.2 Å². The van der Waals surface area contributed by atoms with Crippen LogP contribution in [0.2, 0.25) is 0 Å². The lowest BCUT2D eigenvalue weighted by Gasteiger charge is -2.16. The number of carbonyl (C=O) groups excluding carboxylic acids is 2. The summed E-state index contributed by atoms with van der Waals surface area (Å²) in [7, 11) is 3.27. The lowest BCUT2D eigenvalue weighted by molar-refractivity contribution is -0.144. The van der Waals surface area contributed by atoms with Crippen molar-refractivity contribution < 1.29 is 78.8 Å². The van der Waals surface area contributed by atoms with Gasteiger partial charge in [0.05, 0.1) is 19.3 Å². The number of hydrogen-bond donors (Lipinski definition) is 14. The average molecular weight is 989 g/mol. The van der Waals surface area contributed by atoms with Gasteiger partial charge in [0.2, 0.25) is 0 Å². The number of β-amino-alcohol motifs (C(OH)–C–C–N with tert-alkyl or cyclic N) is 1. The number of likely N-dealkylation sites (tertiary alicyclic amines) is 1. The Morgan fingerprint density at radius 1 is 0.638 bits per heavy atom. The number of Topliss-reactive ketones (excluding diaryl/α,β-unsaturated/α-hetero) is 1. The summed E-state index contributed by atoms with van der Waals surface area (Å²) in [5, 5.41) is 79.8. The maximum Gasteiger partial charge on any atom is 0.324 e. The van der Waals surface area contributed by atoms with E-state index in [1.54, 1.807) is 19.1 Å². The van der Waals surface area contributed by atoms with Crippen molar-refractivity contribution in [1.29, 1.82) is 0 Å². The number of nitrogens with zero attached hydrogens (tertiary/aromatic N) is 1. The number of likely N-dealkylation sites (N-methyl/N-ethyl adjacent to an activating group) is 1. The summed E-state index contributed by atoms with van der Waals surface area (Å²) in [4.78, 5) is 84.8. The summed E-state index contributed by atoms with van der Waals surface area (Å²) in [5.74, 6) is -4.11. The number of rotatable bonds is 8. The third kappa shape index (κ3) is 25.2. The van der Waals surface area contributed by atoms with Crippen molar-refractivity contribution in [2.75, 3.05) is 66.5 Å². The molecule has 0 aliphatic carbocycles. The van der Waals surface area contributed by atoms with Gasteiger partial charge < -0.3 is 72.4 Å². The van der Waals surface area contributed by atoms with Crippen molar-refractivity contribution in [2.45, 2.75) is 152 Å². The number of ether oxygens (including phenoxy) is 1. The first-order valence-corrected chi connectivity index (χ1v) is 23.7. The van der Waals surface area contributed by atoms with Gasteiger partial charge in [0.1, 0.15) is 47.6 Å². The van der Waals surface area contributed by atoms with E-state index < -0.39 is 47.4 Å². The fraction of sp³-hybridized carbons (Fsp3) is 0.778. The van der Waals surface area contributed by atoms with E-state index in [1.807, 2.05) is 18.9 Å². The normalized spacial score (nSPS) is 30.4. The molecule has 0 saturated carbocycles. The number of nitrogens with one attached hydrogen (secondary N) is 7. The maximum atomic E-state index is 10.7. The predicted molar refractivity (Wildman–Crippen MR) is 252 cm³/mol. The second kappa shape index (κ2) is 33.8. The smallest absolute Gasteiger partial charge is 0.324 e. The average Bonchev–Trinajstić information content (AvgIpc) is 4.14. The molecule has 0 aromatic rings. The van der Waals surface area contributed by atoms with E-state index in [1.165, 1.54) is 14.0 Å². The molecule has 8 unspecified atom stereocenters. The van der Waals surface area contributed by atoms with Gasteiger partial charge in [-0.3, -0.25) is 48.6 Å². The van der Waals surface area contributed by atoms with Gasteiger partial charge in [0, 0.05) is 13.1 Å². The number of ketones is 1. The molecule has 8 rings (SSSR count). The second-order valence-corrected chi connectivity index (χ2v) is 17.9. The van der Waals surface area contributed by atoms with E-state index >= 15 is 0 Å². The van der Waals surface area contributed by atoms with E-state index in [4.69, 9.17) is 35.7 Å². The van der Waals surface area contributed by atoms with Crippen LogP contribution in [-0.2, 0) is 43.1 Å². The van der Waals surface area contributed by atoms with Crippen molar-refractivity contribution in [2.24, 2.45) is 5.92 Å². The molecule has 7 saturated heterocycles. The molecule has 8 aliphatic rings. The Labute approximate surface area is 404 Å². The second-order valence-electron chi connectivity index (χ2n) is 17.9. The highest BCUT2D eigenvalue weighted by molar-refractivity contribution is 5.82. The van der Waals surface area contributed by atoms with Crippen molar-refractivity contribution in [1.82, 2.24) is 42.1 Å². The van der Waals surface area contributed by atoms with Crippen LogP contribution in [0.3, 0.4) is 0 Å². The molecular weight excluding hydrogens is 909 g/mol. The summed E-state index contributed by atoms with van der Waals surface area (Å²) in [6.07, 6.45) is 13.8. The lowest BCUT2D eigenvalue weighted by Crippen LogP contribution is -2.44. The molecule has 8 aliphatic heterocycles. The van der Waals surface area contributed by atoms with Gasteiger partial charge in [0.25, 0.3) is 0 Å². The minimum Gasteiger partial charge on any atom is -0.480 e. The molecule has 0 bridgehead atoms. The number of aliphatic carboxylic acids is 6. The van der Waals surface area contributed by atoms with Crippen LogP contribution in [0.4, 0.5) is 0 Å². The number of hydrogen-bond acceptors (Lipinski definition) is 18. The van der Waals surface area contributed by atoms with Crippen molar-refractivity contribution in [3.8, 4) is 0 Å². The van der Waals surface area contributed by atoms with Crippen LogP contribution in [0.5, 0.6) is 0 Å². The molecule has 24 nitrogen and oxygen atoms in total. The van der Waals surface area contributed by atoms with Crippen LogP contribution in [0.15, 0.2) is 12.2 Å². The molecule has 14 N–H and O–H groups in total. The number of carboxylic acids is 6. The van der Waals surface area contributed by atoms with Crippen LogP contribution in [0.1, 0.15) is 97.8 Å². The minimum atomic E-state index is -0.807. The molecule has 396 valence electrons. The van der Waals surface area contributed by atoms with E-state index in [9.17, 15) is 38.4 Å². The Hall–Kier alpha value is -4.66. The third-order valence-corrected chi connectivity index (χ3v) is 12.4. The van der Waals surface area contributed by atoms with Gasteiger partial charge in [-0.2, -0.15) is 0 Å². The molecule has 69 heavy (non-hydrogen) atoms. The number of carbonyl (C=O) groups is 8. The van der Waals surface area contributed by atoms with Gasteiger partial charge in [-0.25, -0.2) is 0 Å². The topological polar surface area (TPSA) is 375 Å². The highest BCUT2D eigenvalue weighted by Crippen LogP contribution is 2.18. The molecule has 24 heteroatoms. The van der Waals surface area contributed by atoms with Gasteiger partial charge >= 0.3 is 41.8 Å². The van der Waals surface area contributed by atoms with Gasteiger partial charge in [-0.15, -0.1) is 0 Å². The first-order chi connectivity index (χ1) is 32.5. The van der Waals surface area contributed by atoms with Gasteiger partial charge in [0.15, 0.2) is 0 Å². The standard InChI is InChI=1S/5C6H11NO2.2C5H9NO2.C5H7NO2/c1-4(8)6-2-5(9)3-7-6;1-6(5(8)9)3-2-4-7-6;1-9-6(8)5-3-2-4-7-5;1-7-4-2-3-5(7)6(8)9;1-4-2-3-7-5(4)6(8)9;3*7-5(8)4-2-1-3-6-4/h5-7,9H,2-3H2,1H3;7H,2-4H2,1H3,(H,8,9);5,7H,2-4H2,1H3;5H,2-4H2,1H3,(H,8,9);4-5,7H,2-3H2,1H3,(H,8,9);2*4,6H,1-3H2,(H,7,8);1-2,4,6H,3H2,(H,7,8)/t;;;;;2*4-;/m.....10./s1. The van der Waals surface area contributed by atoms with E-state index in [0.29, 0.717) is 25.4 Å². The molecule has 7 fully saturated rings. The summed E-state index contributed by atoms with van der Waals surface area (Å²) in [6, 6.07) is -1.63. The molecule has 10 atom stereocenters. The number of carboxylic acid groups (broad SMARTS) is 6. The zero-order valence-electron chi connectivity index (χ0n) is 40.7. The Balaban J connectivity index is 0.000000394. The molecule has 0 aromatic carbocycles. The Kier molecular flexibility index (Phi) is 30.5. The SMILES string of the molecule is CC(=O)C1CC(O)CN1.CC1(C(=O)O)CCCN1.CC1CCNC1C(=O)O.CN1CCCC1C(=O)O.COC(=O)C1CCCN1.O=C(O)C1C=CCN1.O=C(O)[C@@H]1CCCN1.O=C(O)[C@H]1CCCN1. The Morgan fingerprint density at radius 3 is 1.42 bits per heavy atom. The third-order valence-electron chi connectivity index (χ3n) is 12.4. The monoisotopic (exact) mass is 989 g/mol. The largest absolute Gasteiger partial charge is 0.480 e. The van der Waals surface area contributed by atoms with Crippen LogP contribution in [0, 0.1) is 5.92 Å². The number of methoxy groups -OCH3 is 1. The number of esters is 1. The van der Waals surface area contributed by atoms with Crippen LogP contribution >= 0.6 is 0 Å². The quantitative estimate of drug-likeness (QED) is 0.101. The highest BCUT2D eigenvalue weighted by atomic mass is 16.5. The minimum absolute atomic E-state index is 0.0324. The van der Waals surface area contributed by atoms with E-state index in [0.717, 1.165) is 110 Å². The first-order valence-electron chi connectivity index (χ1n) is 23.7. The Morgan fingerprint density at radius 2 is 1.20 bits per heavy atom.